The molecule has 0 radical (unpaired) electrons. The molecule has 1 aromatic heterocycles. The first-order valence-electron chi connectivity index (χ1n) is 11.5. The fourth-order valence-corrected chi connectivity index (χ4v) is 2.48. The van der Waals surface area contributed by atoms with Crippen LogP contribution in [0.5, 0.6) is 0 Å². The molecular formula is C25H39N3O3. The second kappa shape index (κ2) is 15.9. The summed E-state index contributed by atoms with van der Waals surface area (Å²) in [6.07, 6.45) is 10.8. The molecule has 1 fully saturated rings. The van der Waals surface area contributed by atoms with Crippen LogP contribution in [0, 0.1) is 5.92 Å². The second-order valence-corrected chi connectivity index (χ2v) is 6.29. The van der Waals surface area contributed by atoms with E-state index in [1.54, 1.807) is 36.4 Å². The number of rotatable bonds is 2. The van der Waals surface area contributed by atoms with Gasteiger partial charge in [-0.25, -0.2) is 23.5 Å². The van der Waals surface area contributed by atoms with E-state index in [9.17, 15) is 14.4 Å². The number of nitrogens with one attached hydrogen (secondary N) is 1. The standard InChI is InChI=1S/C16H15N3O3.C3H6.3C2H6/c1-11-6-5-9-13(10-11)19-15(21)17-14(20)18(16(19)22)12-7-3-2-4-8-12;1-2-3-1;3*1-2/h2-5,7-11H,6H2,1H3,(H,17,20,21);1-3H2;3*1-2H3. The van der Waals surface area contributed by atoms with E-state index in [1.165, 1.54) is 19.3 Å². The van der Waals surface area contributed by atoms with Crippen LogP contribution in [0.4, 0.5) is 0 Å². The van der Waals surface area contributed by atoms with Gasteiger partial charge in [0.1, 0.15) is 0 Å². The smallest absolute Gasteiger partial charge is 0.258 e. The Balaban J connectivity index is 0.000000863. The largest absolute Gasteiger partial charge is 0.345 e. The number of allylic oxidation sites excluding steroid dienone is 4. The lowest BCUT2D eigenvalue weighted by Crippen LogP contribution is -2.48. The van der Waals surface area contributed by atoms with Crippen molar-refractivity contribution in [1.29, 1.82) is 0 Å². The van der Waals surface area contributed by atoms with Gasteiger partial charge in [-0.3, -0.25) is 4.98 Å². The molecule has 0 aliphatic heterocycles. The van der Waals surface area contributed by atoms with Gasteiger partial charge in [0, 0.05) is 0 Å². The zero-order valence-corrected chi connectivity index (χ0v) is 20.1. The molecule has 0 spiro atoms. The van der Waals surface area contributed by atoms with Gasteiger partial charge in [0.15, 0.2) is 0 Å². The summed E-state index contributed by atoms with van der Waals surface area (Å²) in [5, 5.41) is 0. The average molecular weight is 430 g/mol. The second-order valence-electron chi connectivity index (χ2n) is 6.29. The van der Waals surface area contributed by atoms with Crippen molar-refractivity contribution in [3.63, 3.8) is 0 Å². The summed E-state index contributed by atoms with van der Waals surface area (Å²) < 4.78 is 1.94. The first-order chi connectivity index (χ1) is 15.1. The predicted octanol–water partition coefficient (Wildman–Crippen LogP) is 5.37. The minimum atomic E-state index is -0.745. The molecule has 6 heteroatoms. The van der Waals surface area contributed by atoms with Crippen LogP contribution in [0.2, 0.25) is 0 Å². The Morgan fingerprint density at radius 1 is 0.806 bits per heavy atom. The third-order valence-electron chi connectivity index (χ3n) is 3.88. The molecule has 0 bridgehead atoms. The van der Waals surface area contributed by atoms with Crippen molar-refractivity contribution in [3.05, 3.63) is 80.0 Å². The van der Waals surface area contributed by atoms with Crippen LogP contribution in [-0.2, 0) is 0 Å². The van der Waals surface area contributed by atoms with E-state index in [0.717, 1.165) is 15.6 Å². The Labute approximate surface area is 186 Å². The van der Waals surface area contributed by atoms with Crippen molar-refractivity contribution in [3.8, 4) is 5.69 Å². The maximum Gasteiger partial charge on any atom is 0.345 e. The van der Waals surface area contributed by atoms with Gasteiger partial charge < -0.3 is 0 Å². The fourth-order valence-electron chi connectivity index (χ4n) is 2.48. The Morgan fingerprint density at radius 3 is 1.81 bits per heavy atom. The van der Waals surface area contributed by atoms with Gasteiger partial charge in [-0.1, -0.05) is 98.1 Å². The highest BCUT2D eigenvalue weighted by molar-refractivity contribution is 5.58. The summed E-state index contributed by atoms with van der Waals surface area (Å²) in [5.74, 6) is 0.225. The fraction of sp³-hybridized carbons (Fsp3) is 0.480. The lowest BCUT2D eigenvalue weighted by atomic mass is 10.0. The normalized spacial score (nSPS) is 15.2. The van der Waals surface area contributed by atoms with Crippen molar-refractivity contribution < 1.29 is 0 Å². The Bertz CT molecular complexity index is 975. The minimum absolute atomic E-state index is 0.225. The van der Waals surface area contributed by atoms with Crippen molar-refractivity contribution in [2.75, 3.05) is 0 Å². The molecule has 172 valence electrons. The van der Waals surface area contributed by atoms with Crippen molar-refractivity contribution >= 4 is 5.70 Å². The van der Waals surface area contributed by atoms with Gasteiger partial charge in [0.25, 0.3) is 0 Å². The Hall–Kier alpha value is -2.89. The zero-order valence-electron chi connectivity index (χ0n) is 20.1. The van der Waals surface area contributed by atoms with Crippen molar-refractivity contribution in [2.45, 2.75) is 74.1 Å². The first kappa shape index (κ1) is 28.1. The lowest BCUT2D eigenvalue weighted by Gasteiger charge is -2.14. The van der Waals surface area contributed by atoms with E-state index in [1.807, 2.05) is 60.6 Å². The predicted molar refractivity (Wildman–Crippen MR) is 132 cm³/mol. The molecule has 2 aliphatic rings. The van der Waals surface area contributed by atoms with E-state index in [-0.39, 0.29) is 5.92 Å². The highest BCUT2D eigenvalue weighted by Crippen LogP contribution is 2.17. The quantitative estimate of drug-likeness (QED) is 0.697. The molecule has 1 aromatic carbocycles. The van der Waals surface area contributed by atoms with Gasteiger partial charge in [0.2, 0.25) is 0 Å². The molecular weight excluding hydrogens is 390 g/mol. The third kappa shape index (κ3) is 8.79. The number of H-pyrrole nitrogens is 1. The maximum atomic E-state index is 12.6. The van der Waals surface area contributed by atoms with Crippen LogP contribution in [0.3, 0.4) is 0 Å². The van der Waals surface area contributed by atoms with Crippen LogP contribution in [0.15, 0.2) is 62.9 Å². The lowest BCUT2D eigenvalue weighted by molar-refractivity contribution is 0.698. The highest BCUT2D eigenvalue weighted by atomic mass is 16.2. The summed E-state index contributed by atoms with van der Waals surface area (Å²) in [7, 11) is 0. The molecule has 2 aromatic rings. The molecule has 2 aliphatic carbocycles. The van der Waals surface area contributed by atoms with Gasteiger partial charge in [-0.05, 0) is 30.5 Å². The third-order valence-corrected chi connectivity index (χ3v) is 3.88. The molecule has 0 amide bonds. The zero-order chi connectivity index (χ0) is 23.8. The molecule has 1 unspecified atom stereocenters. The molecule has 1 atom stereocenters. The molecule has 31 heavy (non-hydrogen) atoms. The number of hydrogen-bond acceptors (Lipinski definition) is 3. The summed E-state index contributed by atoms with van der Waals surface area (Å²) in [5.41, 5.74) is -1.26. The average Bonchev–Trinajstić information content (AvgIpc) is 3.68. The number of aromatic amines is 1. The van der Waals surface area contributed by atoms with E-state index < -0.39 is 17.1 Å². The van der Waals surface area contributed by atoms with Gasteiger partial charge >= 0.3 is 17.1 Å². The summed E-state index contributed by atoms with van der Waals surface area (Å²) >= 11 is 0. The first-order valence-corrected chi connectivity index (χ1v) is 11.5. The molecule has 1 N–H and O–H groups in total. The van der Waals surface area contributed by atoms with E-state index in [0.29, 0.717) is 11.4 Å². The van der Waals surface area contributed by atoms with E-state index in [4.69, 9.17) is 0 Å². The number of hydrogen-bond donors (Lipinski definition) is 1. The van der Waals surface area contributed by atoms with Crippen LogP contribution >= 0.6 is 0 Å². The molecule has 6 nitrogen and oxygen atoms in total. The number of aromatic nitrogens is 3. The maximum absolute atomic E-state index is 12.6. The Kier molecular flexibility index (Phi) is 14.4. The van der Waals surface area contributed by atoms with E-state index >= 15 is 0 Å². The van der Waals surface area contributed by atoms with Crippen molar-refractivity contribution in [2.24, 2.45) is 5.92 Å². The van der Waals surface area contributed by atoms with E-state index in [2.05, 4.69) is 4.98 Å². The monoisotopic (exact) mass is 429 g/mol. The van der Waals surface area contributed by atoms with Crippen molar-refractivity contribution in [1.82, 2.24) is 14.1 Å². The van der Waals surface area contributed by atoms with Crippen LogP contribution in [0.25, 0.3) is 11.4 Å². The minimum Gasteiger partial charge on any atom is -0.258 e. The summed E-state index contributed by atoms with van der Waals surface area (Å²) in [6.45, 7) is 14.0. The topological polar surface area (TPSA) is 76.9 Å². The van der Waals surface area contributed by atoms with Crippen LogP contribution in [-0.4, -0.2) is 14.1 Å². The van der Waals surface area contributed by atoms with Gasteiger partial charge in [-0.15, -0.1) is 0 Å². The van der Waals surface area contributed by atoms with Crippen LogP contribution < -0.4 is 17.1 Å². The van der Waals surface area contributed by atoms with Gasteiger partial charge in [-0.2, -0.15) is 0 Å². The van der Waals surface area contributed by atoms with Crippen LogP contribution in [0.1, 0.15) is 74.1 Å². The van der Waals surface area contributed by atoms with Gasteiger partial charge in [0.05, 0.1) is 11.4 Å². The molecule has 4 rings (SSSR count). The SMILES string of the molecule is C1CC1.CC.CC.CC.CC1C=C(n2c(=O)[nH]c(=O)n(-c3ccccc3)c2=O)C=CC1. The molecule has 1 saturated carbocycles. The summed E-state index contributed by atoms with van der Waals surface area (Å²) in [4.78, 5) is 38.9. The Morgan fingerprint density at radius 2 is 1.32 bits per heavy atom. The molecule has 1 heterocycles. The number of para-hydroxylation sites is 1. The number of nitrogens with zero attached hydrogens (tertiary/aromatic N) is 2. The number of benzene rings is 1. The highest BCUT2D eigenvalue weighted by Gasteiger charge is 2.15. The molecule has 0 saturated heterocycles. The summed E-state index contributed by atoms with van der Waals surface area (Å²) in [6, 6.07) is 8.50.